The molecular weight excluding hydrogens is 516 g/mol. The predicted octanol–water partition coefficient (Wildman–Crippen LogP) is 4.61. The van der Waals surface area contributed by atoms with Gasteiger partial charge in [-0.05, 0) is 82.7 Å². The molecule has 1 aliphatic heterocycles. The number of ether oxygens (including phenoxy) is 4. The lowest BCUT2D eigenvalue weighted by atomic mass is 9.97. The van der Waals surface area contributed by atoms with Crippen LogP contribution < -0.4 is 24.8 Å². The van der Waals surface area contributed by atoms with Gasteiger partial charge in [-0.25, -0.2) is 4.79 Å². The molecule has 0 aliphatic carbocycles. The molecule has 1 atom stereocenters. The fourth-order valence-corrected chi connectivity index (χ4v) is 3.85. The van der Waals surface area contributed by atoms with Gasteiger partial charge in [0.2, 0.25) is 5.91 Å². The summed E-state index contributed by atoms with van der Waals surface area (Å²) in [5.74, 6) is 0.421. The summed E-state index contributed by atoms with van der Waals surface area (Å²) in [6, 6.07) is 7.06. The summed E-state index contributed by atoms with van der Waals surface area (Å²) in [5.41, 5.74) is 0.578. The molecule has 1 unspecified atom stereocenters. The van der Waals surface area contributed by atoms with Crippen LogP contribution in [0.25, 0.3) is 12.2 Å². The number of methoxy groups -OCH3 is 2. The van der Waals surface area contributed by atoms with E-state index in [1.807, 2.05) is 26.0 Å². The number of nitrogens with one attached hydrogen (secondary N) is 2. The van der Waals surface area contributed by atoms with Crippen LogP contribution in [-0.2, 0) is 9.53 Å². The van der Waals surface area contributed by atoms with E-state index in [0.29, 0.717) is 33.9 Å². The molecule has 10 nitrogen and oxygen atoms in total. The van der Waals surface area contributed by atoms with E-state index in [-0.39, 0.29) is 11.5 Å². The summed E-state index contributed by atoms with van der Waals surface area (Å²) < 4.78 is 22.0. The van der Waals surface area contributed by atoms with Crippen molar-refractivity contribution in [2.75, 3.05) is 26.1 Å². The molecule has 0 aromatic heterocycles. The smallest absolute Gasteiger partial charge is 0.408 e. The third-order valence-corrected chi connectivity index (χ3v) is 5.76. The lowest BCUT2D eigenvalue weighted by molar-refractivity contribution is -0.119. The number of hydrogen-bond donors (Lipinski definition) is 3. The van der Waals surface area contributed by atoms with Gasteiger partial charge < -0.3 is 34.7 Å². The Morgan fingerprint density at radius 2 is 1.75 bits per heavy atom. The number of alkyl carbamates (subject to hydrolysis) is 1. The van der Waals surface area contributed by atoms with E-state index in [1.54, 1.807) is 64.3 Å². The number of amides is 2. The SMILES string of the molecule is COc1ccc(C=CC(=O)c2ccc(OC)c3c2OC(C)(C)C=C3)cc1NC(=O)C(CO)NC(=O)OC(C)(C)C. The lowest BCUT2D eigenvalue weighted by Gasteiger charge is -2.29. The fourth-order valence-electron chi connectivity index (χ4n) is 3.85. The van der Waals surface area contributed by atoms with Crippen LogP contribution in [0.3, 0.4) is 0 Å². The summed E-state index contributed by atoms with van der Waals surface area (Å²) in [6.45, 7) is 8.19. The van der Waals surface area contributed by atoms with Crippen LogP contribution in [0.2, 0.25) is 0 Å². The molecule has 0 radical (unpaired) electrons. The van der Waals surface area contributed by atoms with Gasteiger partial charge in [0.1, 0.15) is 34.5 Å². The van der Waals surface area contributed by atoms with Crippen molar-refractivity contribution in [1.29, 1.82) is 0 Å². The summed E-state index contributed by atoms with van der Waals surface area (Å²) in [4.78, 5) is 38.1. The molecule has 0 bridgehead atoms. The van der Waals surface area contributed by atoms with Crippen LogP contribution in [0.1, 0.15) is 56.1 Å². The van der Waals surface area contributed by atoms with E-state index in [2.05, 4.69) is 10.6 Å². The Morgan fingerprint density at radius 1 is 1.07 bits per heavy atom. The maximum Gasteiger partial charge on any atom is 0.408 e. The van der Waals surface area contributed by atoms with E-state index in [4.69, 9.17) is 18.9 Å². The number of hydrogen-bond acceptors (Lipinski definition) is 8. The van der Waals surface area contributed by atoms with E-state index in [9.17, 15) is 19.5 Å². The monoisotopic (exact) mass is 552 g/mol. The highest BCUT2D eigenvalue weighted by atomic mass is 16.6. The minimum atomic E-state index is -1.26. The Kier molecular flexibility index (Phi) is 9.26. The molecule has 2 aromatic rings. The van der Waals surface area contributed by atoms with Crippen LogP contribution in [-0.4, -0.2) is 61.0 Å². The van der Waals surface area contributed by atoms with Crippen molar-refractivity contribution >= 4 is 35.6 Å². The van der Waals surface area contributed by atoms with Crippen LogP contribution in [0.15, 0.2) is 42.5 Å². The molecule has 2 amide bonds. The standard InChI is InChI=1S/C30H36N2O8/c1-29(2,3)40-28(36)32-22(17-33)27(35)31-21-16-18(9-12-25(21)38-7)8-11-23(34)19-10-13-24(37-6)20-14-15-30(4,5)39-26(19)20/h8-16,22,33H,17H2,1-7H3,(H,31,35)(H,32,36). The molecule has 0 fully saturated rings. The maximum absolute atomic E-state index is 13.2. The topological polar surface area (TPSA) is 132 Å². The molecule has 0 saturated heterocycles. The second-order valence-corrected chi connectivity index (χ2v) is 10.6. The first-order valence-electron chi connectivity index (χ1n) is 12.7. The third kappa shape index (κ3) is 7.63. The minimum Gasteiger partial charge on any atom is -0.496 e. The summed E-state index contributed by atoms with van der Waals surface area (Å²) in [6.07, 6.45) is 5.95. The van der Waals surface area contributed by atoms with Crippen LogP contribution in [0.5, 0.6) is 17.2 Å². The molecule has 0 saturated carbocycles. The molecule has 40 heavy (non-hydrogen) atoms. The first-order chi connectivity index (χ1) is 18.8. The van der Waals surface area contributed by atoms with E-state index >= 15 is 0 Å². The van der Waals surface area contributed by atoms with Gasteiger partial charge in [-0.2, -0.15) is 0 Å². The van der Waals surface area contributed by atoms with Crippen LogP contribution in [0, 0.1) is 0 Å². The molecule has 1 heterocycles. The first-order valence-corrected chi connectivity index (χ1v) is 12.7. The zero-order valence-corrected chi connectivity index (χ0v) is 23.8. The van der Waals surface area contributed by atoms with Crippen molar-refractivity contribution < 1.29 is 38.4 Å². The van der Waals surface area contributed by atoms with Gasteiger partial charge in [-0.1, -0.05) is 12.1 Å². The van der Waals surface area contributed by atoms with Gasteiger partial charge >= 0.3 is 6.09 Å². The van der Waals surface area contributed by atoms with Gasteiger partial charge in [-0.3, -0.25) is 9.59 Å². The van der Waals surface area contributed by atoms with Crippen molar-refractivity contribution in [3.63, 3.8) is 0 Å². The summed E-state index contributed by atoms with van der Waals surface area (Å²) >= 11 is 0. The average molecular weight is 553 g/mol. The van der Waals surface area contributed by atoms with Gasteiger partial charge in [0.15, 0.2) is 5.78 Å². The number of ketones is 1. The zero-order valence-electron chi connectivity index (χ0n) is 23.8. The van der Waals surface area contributed by atoms with Crippen molar-refractivity contribution in [1.82, 2.24) is 5.32 Å². The molecule has 2 aromatic carbocycles. The number of aliphatic hydroxyl groups is 1. The van der Waals surface area contributed by atoms with Gasteiger partial charge in [-0.15, -0.1) is 0 Å². The average Bonchev–Trinajstić information content (AvgIpc) is 2.88. The zero-order chi connectivity index (χ0) is 29.7. The molecule has 3 rings (SSSR count). The number of allylic oxidation sites excluding steroid dienone is 1. The van der Waals surface area contributed by atoms with Crippen molar-refractivity contribution in [2.45, 2.75) is 51.9 Å². The quantitative estimate of drug-likeness (QED) is 0.304. The maximum atomic E-state index is 13.2. The first kappa shape index (κ1) is 30.2. The number of fused-ring (bicyclic) bond motifs is 1. The molecular formula is C30H36N2O8. The number of carbonyl (C=O) groups excluding carboxylic acids is 3. The van der Waals surface area contributed by atoms with Crippen molar-refractivity contribution in [3.05, 3.63) is 59.2 Å². The number of carbonyl (C=O) groups is 3. The Bertz CT molecular complexity index is 1340. The Hall–Kier alpha value is -4.31. The van der Waals surface area contributed by atoms with E-state index in [0.717, 1.165) is 0 Å². The highest BCUT2D eigenvalue weighted by Crippen LogP contribution is 2.40. The number of anilines is 1. The second kappa shape index (κ2) is 12.3. The second-order valence-electron chi connectivity index (χ2n) is 10.6. The number of rotatable bonds is 9. The number of benzene rings is 2. The Labute approximate surface area is 234 Å². The lowest BCUT2D eigenvalue weighted by Crippen LogP contribution is -2.47. The van der Waals surface area contributed by atoms with E-state index < -0.39 is 35.9 Å². The normalized spacial score (nSPS) is 14.5. The minimum absolute atomic E-state index is 0.281. The Morgan fingerprint density at radius 3 is 2.38 bits per heavy atom. The molecule has 214 valence electrons. The van der Waals surface area contributed by atoms with Crippen LogP contribution >= 0.6 is 0 Å². The third-order valence-electron chi connectivity index (χ3n) is 5.76. The summed E-state index contributed by atoms with van der Waals surface area (Å²) in [5, 5.41) is 14.7. The molecule has 10 heteroatoms. The summed E-state index contributed by atoms with van der Waals surface area (Å²) in [7, 11) is 3.00. The van der Waals surface area contributed by atoms with E-state index in [1.165, 1.54) is 13.2 Å². The molecule has 0 spiro atoms. The fraction of sp³-hybridized carbons (Fsp3) is 0.367. The van der Waals surface area contributed by atoms with Gasteiger partial charge in [0, 0.05) is 0 Å². The molecule has 1 aliphatic rings. The Balaban J connectivity index is 1.81. The van der Waals surface area contributed by atoms with Crippen LogP contribution in [0.4, 0.5) is 10.5 Å². The number of aliphatic hydroxyl groups excluding tert-OH is 1. The van der Waals surface area contributed by atoms with Gasteiger partial charge in [0.05, 0.1) is 37.6 Å². The highest BCUT2D eigenvalue weighted by Gasteiger charge is 2.28. The molecule has 3 N–H and O–H groups in total. The highest BCUT2D eigenvalue weighted by molar-refractivity contribution is 6.09. The predicted molar refractivity (Wildman–Crippen MR) is 152 cm³/mol. The largest absolute Gasteiger partial charge is 0.496 e. The van der Waals surface area contributed by atoms with Crippen molar-refractivity contribution in [3.8, 4) is 17.2 Å². The van der Waals surface area contributed by atoms with Crippen molar-refractivity contribution in [2.24, 2.45) is 0 Å². The van der Waals surface area contributed by atoms with Gasteiger partial charge in [0.25, 0.3) is 0 Å².